The molecule has 0 radical (unpaired) electrons. The van der Waals surface area contributed by atoms with E-state index < -0.39 is 12.1 Å². The summed E-state index contributed by atoms with van der Waals surface area (Å²) in [5, 5.41) is 11.4. The van der Waals surface area contributed by atoms with Crippen molar-refractivity contribution in [2.24, 2.45) is 0 Å². The van der Waals surface area contributed by atoms with E-state index in [1.54, 1.807) is 19.1 Å². The molecule has 1 heterocycles. The quantitative estimate of drug-likeness (QED) is 0.863. The van der Waals surface area contributed by atoms with Gasteiger partial charge in [0, 0.05) is 0 Å². The van der Waals surface area contributed by atoms with Crippen molar-refractivity contribution in [3.8, 4) is 0 Å². The van der Waals surface area contributed by atoms with Gasteiger partial charge in [-0.05, 0) is 28.4 Å². The van der Waals surface area contributed by atoms with Crippen LogP contribution < -0.4 is 5.32 Å². The number of anilines is 1. The van der Waals surface area contributed by atoms with E-state index in [2.05, 4.69) is 31.2 Å². The van der Waals surface area contributed by atoms with E-state index >= 15 is 0 Å². The summed E-state index contributed by atoms with van der Waals surface area (Å²) >= 11 is 3.10. The molecule has 0 bridgehead atoms. The van der Waals surface area contributed by atoms with Crippen LogP contribution in [-0.2, 0) is 11.3 Å². The number of amides is 1. The Morgan fingerprint density at radius 3 is 2.59 bits per heavy atom. The molecular formula is C14H12BrN3O4. The Balaban J connectivity index is 2.08. The van der Waals surface area contributed by atoms with E-state index in [0.29, 0.717) is 10.3 Å². The number of aryl methyl sites for hydroxylation is 1. The van der Waals surface area contributed by atoms with Crippen molar-refractivity contribution in [3.05, 3.63) is 51.9 Å². The molecular weight excluding hydrogens is 354 g/mol. The van der Waals surface area contributed by atoms with E-state index in [1.165, 1.54) is 0 Å². The van der Waals surface area contributed by atoms with Gasteiger partial charge in [0.05, 0.1) is 5.69 Å². The van der Waals surface area contributed by atoms with Crippen LogP contribution in [0.3, 0.4) is 0 Å². The van der Waals surface area contributed by atoms with Crippen molar-refractivity contribution in [1.82, 2.24) is 9.97 Å². The molecule has 0 spiro atoms. The molecule has 22 heavy (non-hydrogen) atoms. The maximum absolute atomic E-state index is 11.8. The Morgan fingerprint density at radius 1 is 1.27 bits per heavy atom. The summed E-state index contributed by atoms with van der Waals surface area (Å²) in [5.41, 5.74) is 0.895. The highest BCUT2D eigenvalue weighted by atomic mass is 79.9. The Labute approximate surface area is 134 Å². The molecule has 0 atom stereocenters. The van der Waals surface area contributed by atoms with Crippen LogP contribution in [0.15, 0.2) is 34.9 Å². The van der Waals surface area contributed by atoms with Gasteiger partial charge in [0.15, 0.2) is 11.5 Å². The second-order valence-electron chi connectivity index (χ2n) is 4.29. The lowest BCUT2D eigenvalue weighted by atomic mass is 10.2. The zero-order chi connectivity index (χ0) is 16.1. The van der Waals surface area contributed by atoms with Gasteiger partial charge < -0.3 is 9.84 Å². The molecule has 0 aliphatic heterocycles. The normalized spacial score (nSPS) is 10.1. The Bertz CT molecular complexity index is 707. The summed E-state index contributed by atoms with van der Waals surface area (Å²) in [6, 6.07) is 9.10. The lowest BCUT2D eigenvalue weighted by Crippen LogP contribution is -2.19. The first-order valence-electron chi connectivity index (χ1n) is 6.22. The number of hydrogen-bond acceptors (Lipinski definition) is 5. The predicted molar refractivity (Wildman–Crippen MR) is 81.7 cm³/mol. The number of carbonyl (C=O) groups is 2. The number of rotatable bonds is 4. The number of aromatic carboxylic acids is 1. The summed E-state index contributed by atoms with van der Waals surface area (Å²) < 4.78 is 5.31. The van der Waals surface area contributed by atoms with E-state index in [1.807, 2.05) is 18.2 Å². The third-order valence-electron chi connectivity index (χ3n) is 2.65. The Hall–Kier alpha value is -2.48. The van der Waals surface area contributed by atoms with Crippen LogP contribution in [0.1, 0.15) is 21.7 Å². The van der Waals surface area contributed by atoms with E-state index in [-0.39, 0.29) is 18.1 Å². The molecule has 8 heteroatoms. The van der Waals surface area contributed by atoms with Crippen LogP contribution in [0.5, 0.6) is 0 Å². The molecule has 0 saturated carbocycles. The van der Waals surface area contributed by atoms with Gasteiger partial charge in [0.1, 0.15) is 11.2 Å². The minimum absolute atomic E-state index is 0.0675. The predicted octanol–water partition coefficient (Wildman–Crippen LogP) is 2.99. The highest BCUT2D eigenvalue weighted by Gasteiger charge is 2.18. The topological polar surface area (TPSA) is 101 Å². The molecule has 0 unspecified atom stereocenters. The van der Waals surface area contributed by atoms with Crippen LogP contribution >= 0.6 is 15.9 Å². The van der Waals surface area contributed by atoms with Crippen LogP contribution in [0.4, 0.5) is 10.6 Å². The van der Waals surface area contributed by atoms with Gasteiger partial charge in [-0.25, -0.2) is 19.6 Å². The number of carboxylic acid groups (broad SMARTS) is 1. The molecule has 0 saturated heterocycles. The minimum Gasteiger partial charge on any atom is -0.476 e. The average Bonchev–Trinajstić information content (AvgIpc) is 2.49. The molecule has 2 N–H and O–H groups in total. The van der Waals surface area contributed by atoms with Gasteiger partial charge in [0.25, 0.3) is 0 Å². The number of ether oxygens (including phenoxy) is 1. The second-order valence-corrected chi connectivity index (χ2v) is 5.04. The van der Waals surface area contributed by atoms with Gasteiger partial charge in [0.2, 0.25) is 0 Å². The van der Waals surface area contributed by atoms with Crippen LogP contribution in [-0.4, -0.2) is 27.1 Å². The summed E-state index contributed by atoms with van der Waals surface area (Å²) in [7, 11) is 0. The van der Waals surface area contributed by atoms with Crippen LogP contribution in [0.2, 0.25) is 0 Å². The van der Waals surface area contributed by atoms with E-state index in [0.717, 1.165) is 5.56 Å². The first kappa shape index (κ1) is 15.9. The number of halogens is 1. The number of nitrogens with zero attached hydrogens (tertiary/aromatic N) is 2. The standard InChI is InChI=1S/C14H12BrN3O4/c1-8-11(15)17-10(13(19)20)12(16-8)18-14(21)22-7-9-5-3-2-4-6-9/h2-6H,7H2,1H3,(H,19,20)(H,16,18,21). The number of carboxylic acids is 1. The molecule has 7 nitrogen and oxygen atoms in total. The maximum Gasteiger partial charge on any atom is 0.413 e. The summed E-state index contributed by atoms with van der Waals surface area (Å²) in [6.07, 6.45) is -0.803. The summed E-state index contributed by atoms with van der Waals surface area (Å²) in [5.74, 6) is -1.46. The molecule has 114 valence electrons. The monoisotopic (exact) mass is 365 g/mol. The number of hydrogen-bond donors (Lipinski definition) is 2. The number of nitrogens with one attached hydrogen (secondary N) is 1. The van der Waals surface area contributed by atoms with Crippen molar-refractivity contribution in [1.29, 1.82) is 0 Å². The molecule has 1 aromatic carbocycles. The minimum atomic E-state index is -1.30. The molecule has 1 amide bonds. The van der Waals surface area contributed by atoms with Crippen molar-refractivity contribution >= 4 is 33.8 Å². The molecule has 0 fully saturated rings. The molecule has 0 aliphatic rings. The van der Waals surface area contributed by atoms with Crippen molar-refractivity contribution in [2.75, 3.05) is 5.32 Å². The first-order chi connectivity index (χ1) is 10.5. The van der Waals surface area contributed by atoms with Crippen molar-refractivity contribution in [2.45, 2.75) is 13.5 Å². The highest BCUT2D eigenvalue weighted by Crippen LogP contribution is 2.18. The Kier molecular flexibility index (Phi) is 5.05. The van der Waals surface area contributed by atoms with Crippen LogP contribution in [0, 0.1) is 6.92 Å². The zero-order valence-electron chi connectivity index (χ0n) is 11.5. The maximum atomic E-state index is 11.8. The summed E-state index contributed by atoms with van der Waals surface area (Å²) in [4.78, 5) is 30.7. The third kappa shape index (κ3) is 4.01. The largest absolute Gasteiger partial charge is 0.476 e. The first-order valence-corrected chi connectivity index (χ1v) is 7.02. The van der Waals surface area contributed by atoms with Crippen molar-refractivity contribution < 1.29 is 19.4 Å². The smallest absolute Gasteiger partial charge is 0.413 e. The molecule has 2 rings (SSSR count). The summed E-state index contributed by atoms with van der Waals surface area (Å²) in [6.45, 7) is 1.70. The molecule has 1 aromatic heterocycles. The number of benzene rings is 1. The number of carbonyl (C=O) groups excluding carboxylic acids is 1. The van der Waals surface area contributed by atoms with Crippen molar-refractivity contribution in [3.63, 3.8) is 0 Å². The lowest BCUT2D eigenvalue weighted by Gasteiger charge is -2.09. The molecule has 2 aromatic rings. The van der Waals surface area contributed by atoms with Crippen LogP contribution in [0.25, 0.3) is 0 Å². The van der Waals surface area contributed by atoms with Gasteiger partial charge in [-0.2, -0.15) is 0 Å². The van der Waals surface area contributed by atoms with Gasteiger partial charge in [-0.15, -0.1) is 0 Å². The average molecular weight is 366 g/mol. The van der Waals surface area contributed by atoms with Gasteiger partial charge in [-0.3, -0.25) is 5.32 Å². The fourth-order valence-electron chi connectivity index (χ4n) is 1.59. The second kappa shape index (κ2) is 6.99. The fraction of sp³-hybridized carbons (Fsp3) is 0.143. The third-order valence-corrected chi connectivity index (χ3v) is 3.40. The lowest BCUT2D eigenvalue weighted by molar-refractivity contribution is 0.0691. The zero-order valence-corrected chi connectivity index (χ0v) is 13.1. The highest BCUT2D eigenvalue weighted by molar-refractivity contribution is 9.10. The molecule has 0 aliphatic carbocycles. The van der Waals surface area contributed by atoms with Gasteiger partial charge >= 0.3 is 12.1 Å². The van der Waals surface area contributed by atoms with Gasteiger partial charge in [-0.1, -0.05) is 30.3 Å². The SMILES string of the molecule is Cc1nc(NC(=O)OCc2ccccc2)c(C(=O)O)nc1Br. The fourth-order valence-corrected chi connectivity index (χ4v) is 1.86. The number of aromatic nitrogens is 2. The Morgan fingerprint density at radius 2 is 1.95 bits per heavy atom. The van der Waals surface area contributed by atoms with E-state index in [9.17, 15) is 9.59 Å². The van der Waals surface area contributed by atoms with E-state index in [4.69, 9.17) is 9.84 Å².